The lowest BCUT2D eigenvalue weighted by Crippen LogP contribution is -2.14. The average molecular weight is 341 g/mol. The molecule has 118 valence electrons. The van der Waals surface area contributed by atoms with E-state index in [-0.39, 0.29) is 4.90 Å². The van der Waals surface area contributed by atoms with Crippen molar-refractivity contribution < 1.29 is 13.2 Å². The molecule has 1 aromatic heterocycles. The number of fused-ring (bicyclic) bond motifs is 1. The molecule has 3 rings (SSSR count). The van der Waals surface area contributed by atoms with Crippen molar-refractivity contribution in [2.45, 2.75) is 29.9 Å². The first-order valence-corrected chi connectivity index (χ1v) is 9.03. The summed E-state index contributed by atoms with van der Waals surface area (Å²) in [6.07, 6.45) is 4.09. The molecule has 0 saturated heterocycles. The lowest BCUT2D eigenvalue weighted by molar-refractivity contribution is 0.352. The van der Waals surface area contributed by atoms with Gasteiger partial charge in [0.15, 0.2) is 9.84 Å². The van der Waals surface area contributed by atoms with Gasteiger partial charge in [-0.05, 0) is 24.1 Å². The van der Waals surface area contributed by atoms with Gasteiger partial charge in [-0.2, -0.15) is 5.10 Å². The molecule has 0 fully saturated rings. The topological polar surface area (TPSA) is 61.2 Å². The highest BCUT2D eigenvalue weighted by Crippen LogP contribution is 2.42. The zero-order chi connectivity index (χ0) is 15.9. The molecule has 22 heavy (non-hydrogen) atoms. The number of aromatic nitrogens is 2. The maximum absolute atomic E-state index is 12.9. The van der Waals surface area contributed by atoms with Crippen LogP contribution in [0.5, 0.6) is 5.75 Å². The van der Waals surface area contributed by atoms with E-state index in [2.05, 4.69) is 5.10 Å². The van der Waals surface area contributed by atoms with E-state index in [9.17, 15) is 8.42 Å². The highest BCUT2D eigenvalue weighted by Gasteiger charge is 2.33. The van der Waals surface area contributed by atoms with Gasteiger partial charge in [-0.3, -0.25) is 4.68 Å². The Hall–Kier alpha value is -1.53. The van der Waals surface area contributed by atoms with E-state index in [4.69, 9.17) is 16.3 Å². The lowest BCUT2D eigenvalue weighted by atomic mass is 10.0. The summed E-state index contributed by atoms with van der Waals surface area (Å²) in [5, 5.41) is 3.81. The van der Waals surface area contributed by atoms with Gasteiger partial charge < -0.3 is 4.74 Å². The molecule has 1 aliphatic heterocycles. The highest BCUT2D eigenvalue weighted by atomic mass is 35.5. The Morgan fingerprint density at radius 1 is 1.45 bits per heavy atom. The van der Waals surface area contributed by atoms with Crippen LogP contribution >= 0.6 is 11.6 Å². The maximum atomic E-state index is 12.9. The van der Waals surface area contributed by atoms with Gasteiger partial charge in [-0.1, -0.05) is 18.5 Å². The van der Waals surface area contributed by atoms with Crippen molar-refractivity contribution >= 4 is 21.4 Å². The number of hydrogen-bond acceptors (Lipinski definition) is 4. The Labute approximate surface area is 134 Å². The minimum Gasteiger partial charge on any atom is -0.493 e. The standard InChI is InChI=1S/C15H17ClN2O3S/c1-3-14(22(19,20)12-8-17-18(2)9-12)13-7-11(16)6-10-4-5-21-15(10)13/h6-9,14H,3-5H2,1-2H3. The molecule has 0 aliphatic carbocycles. The van der Waals surface area contributed by atoms with Crippen LogP contribution in [-0.2, 0) is 23.3 Å². The van der Waals surface area contributed by atoms with Crippen LogP contribution in [0, 0.1) is 0 Å². The molecule has 1 atom stereocenters. The summed E-state index contributed by atoms with van der Waals surface area (Å²) in [4.78, 5) is 0.216. The number of rotatable bonds is 4. The summed E-state index contributed by atoms with van der Waals surface area (Å²) < 4.78 is 33.0. The van der Waals surface area contributed by atoms with E-state index in [0.29, 0.717) is 29.4 Å². The largest absolute Gasteiger partial charge is 0.493 e. The van der Waals surface area contributed by atoms with Gasteiger partial charge in [0.1, 0.15) is 10.6 Å². The van der Waals surface area contributed by atoms with Crippen molar-refractivity contribution in [3.05, 3.63) is 40.7 Å². The molecular formula is C15H17ClN2O3S. The second-order valence-electron chi connectivity index (χ2n) is 5.37. The van der Waals surface area contributed by atoms with E-state index in [1.54, 1.807) is 13.1 Å². The Morgan fingerprint density at radius 3 is 2.86 bits per heavy atom. The molecule has 0 bridgehead atoms. The monoisotopic (exact) mass is 340 g/mol. The molecule has 2 aromatic rings. The normalized spacial score (nSPS) is 15.4. The quantitative estimate of drug-likeness (QED) is 0.858. The number of sulfone groups is 1. The molecule has 0 radical (unpaired) electrons. The number of aryl methyl sites for hydroxylation is 1. The van der Waals surface area contributed by atoms with E-state index >= 15 is 0 Å². The number of ether oxygens (including phenoxy) is 1. The minimum atomic E-state index is -3.54. The summed E-state index contributed by atoms with van der Waals surface area (Å²) in [7, 11) is -1.85. The first-order chi connectivity index (χ1) is 10.4. The molecule has 0 saturated carbocycles. The van der Waals surface area contributed by atoms with Gasteiger partial charge >= 0.3 is 0 Å². The van der Waals surface area contributed by atoms with Crippen molar-refractivity contribution in [2.75, 3.05) is 6.61 Å². The summed E-state index contributed by atoms with van der Waals surface area (Å²) >= 11 is 6.16. The smallest absolute Gasteiger partial charge is 0.188 e. The van der Waals surface area contributed by atoms with Crippen LogP contribution < -0.4 is 4.74 Å². The predicted molar refractivity (Wildman–Crippen MR) is 84.1 cm³/mol. The van der Waals surface area contributed by atoms with E-state index in [0.717, 1.165) is 12.0 Å². The Morgan fingerprint density at radius 2 is 2.23 bits per heavy atom. The Balaban J connectivity index is 2.13. The van der Waals surface area contributed by atoms with Crippen molar-refractivity contribution in [1.29, 1.82) is 0 Å². The molecule has 1 aromatic carbocycles. The van der Waals surface area contributed by atoms with Crippen LogP contribution in [0.15, 0.2) is 29.4 Å². The first-order valence-electron chi connectivity index (χ1n) is 7.11. The van der Waals surface area contributed by atoms with Crippen LogP contribution in [0.4, 0.5) is 0 Å². The first kappa shape index (κ1) is 15.4. The molecule has 7 heteroatoms. The molecule has 2 heterocycles. The molecule has 0 spiro atoms. The van der Waals surface area contributed by atoms with Gasteiger partial charge in [-0.15, -0.1) is 0 Å². The Kier molecular flexibility index (Phi) is 3.91. The Bertz CT molecular complexity index is 814. The average Bonchev–Trinajstić information content (AvgIpc) is 3.07. The van der Waals surface area contributed by atoms with Gasteiger partial charge in [0.25, 0.3) is 0 Å². The van der Waals surface area contributed by atoms with Crippen LogP contribution in [0.1, 0.15) is 29.7 Å². The number of hydrogen-bond donors (Lipinski definition) is 0. The van der Waals surface area contributed by atoms with E-state index in [1.165, 1.54) is 17.1 Å². The van der Waals surface area contributed by atoms with Gasteiger partial charge in [0, 0.05) is 30.3 Å². The number of nitrogens with zero attached hydrogens (tertiary/aromatic N) is 2. The predicted octanol–water partition coefficient (Wildman–Crippen LogP) is 2.93. The maximum Gasteiger partial charge on any atom is 0.188 e. The lowest BCUT2D eigenvalue weighted by Gasteiger charge is -2.18. The van der Waals surface area contributed by atoms with E-state index in [1.807, 2.05) is 13.0 Å². The zero-order valence-corrected chi connectivity index (χ0v) is 14.0. The van der Waals surface area contributed by atoms with Crippen molar-refractivity contribution in [1.82, 2.24) is 9.78 Å². The number of benzene rings is 1. The second kappa shape index (κ2) is 5.59. The molecule has 5 nitrogen and oxygen atoms in total. The minimum absolute atomic E-state index is 0.216. The molecule has 1 aliphatic rings. The van der Waals surface area contributed by atoms with Crippen molar-refractivity contribution in [3.63, 3.8) is 0 Å². The summed E-state index contributed by atoms with van der Waals surface area (Å²) in [5.41, 5.74) is 1.62. The summed E-state index contributed by atoms with van der Waals surface area (Å²) in [6.45, 7) is 2.41. The van der Waals surface area contributed by atoms with E-state index < -0.39 is 15.1 Å². The van der Waals surface area contributed by atoms with Gasteiger partial charge in [0.2, 0.25) is 0 Å². The van der Waals surface area contributed by atoms with Crippen molar-refractivity contribution in [2.24, 2.45) is 7.05 Å². The summed E-state index contributed by atoms with van der Waals surface area (Å²) in [6, 6.07) is 3.55. The fraction of sp³-hybridized carbons (Fsp3) is 0.400. The molecular weight excluding hydrogens is 324 g/mol. The third kappa shape index (κ3) is 2.50. The van der Waals surface area contributed by atoms with Crippen LogP contribution in [0.3, 0.4) is 0 Å². The zero-order valence-electron chi connectivity index (χ0n) is 12.4. The third-order valence-electron chi connectivity index (χ3n) is 3.88. The second-order valence-corrected chi connectivity index (χ2v) is 7.94. The van der Waals surface area contributed by atoms with Crippen molar-refractivity contribution in [3.8, 4) is 5.75 Å². The van der Waals surface area contributed by atoms with Crippen LogP contribution in [0.2, 0.25) is 5.02 Å². The van der Waals surface area contributed by atoms with Crippen LogP contribution in [0.25, 0.3) is 0 Å². The van der Waals surface area contributed by atoms with Crippen LogP contribution in [-0.4, -0.2) is 24.8 Å². The fourth-order valence-corrected chi connectivity index (χ4v) is 4.87. The third-order valence-corrected chi connectivity index (χ3v) is 6.30. The SMILES string of the molecule is CCC(c1cc(Cl)cc2c1OCC2)S(=O)(=O)c1cnn(C)c1. The molecule has 0 amide bonds. The fourth-order valence-electron chi connectivity index (χ4n) is 2.85. The van der Waals surface area contributed by atoms with Gasteiger partial charge in [0.05, 0.1) is 18.1 Å². The highest BCUT2D eigenvalue weighted by molar-refractivity contribution is 7.91. The molecule has 0 N–H and O–H groups in total. The molecule has 1 unspecified atom stereocenters. The number of halogens is 1. The summed E-state index contributed by atoms with van der Waals surface area (Å²) in [5.74, 6) is 0.670. The van der Waals surface area contributed by atoms with Gasteiger partial charge in [-0.25, -0.2) is 8.42 Å².